The average molecular weight is 302 g/mol. The first kappa shape index (κ1) is 15.8. The highest BCUT2D eigenvalue weighted by molar-refractivity contribution is 6.62. The van der Waals surface area contributed by atoms with Gasteiger partial charge in [-0.05, 0) is 37.5 Å². The predicted octanol–water partition coefficient (Wildman–Crippen LogP) is 2.01. The second-order valence-electron chi connectivity index (χ2n) is 5.31. The third-order valence-corrected chi connectivity index (χ3v) is 3.04. The summed E-state index contributed by atoms with van der Waals surface area (Å²) in [6.45, 7) is 3.59. The van der Waals surface area contributed by atoms with Crippen LogP contribution in [0.3, 0.4) is 0 Å². The van der Waals surface area contributed by atoms with E-state index in [0.29, 0.717) is 0 Å². The molecule has 4 nitrogen and oxygen atoms in total. The molecular formula is C13H14BF3O4. The molecule has 1 aromatic rings. The lowest BCUT2D eigenvalue weighted by molar-refractivity contribution is -0.136. The molecule has 0 saturated carbocycles. The Balaban J connectivity index is 2.47. The maximum atomic E-state index is 13.1. The Kier molecular flexibility index (Phi) is 4.03. The van der Waals surface area contributed by atoms with Crippen LogP contribution in [-0.4, -0.2) is 32.4 Å². The number of esters is 1. The molecule has 2 rings (SSSR count). The van der Waals surface area contributed by atoms with Crippen molar-refractivity contribution >= 4 is 18.6 Å². The average Bonchev–Trinajstić information content (AvgIpc) is 2.76. The molecule has 0 unspecified atom stereocenters. The third-order valence-electron chi connectivity index (χ3n) is 3.04. The van der Waals surface area contributed by atoms with Crippen molar-refractivity contribution in [2.75, 3.05) is 13.7 Å². The number of hydrogen-bond donors (Lipinski definition) is 0. The fraction of sp³-hybridized carbons (Fsp3) is 0.462. The fourth-order valence-corrected chi connectivity index (χ4v) is 2.05. The van der Waals surface area contributed by atoms with Gasteiger partial charge in [-0.3, -0.25) is 0 Å². The minimum atomic E-state index is -4.57. The first-order valence-electron chi connectivity index (χ1n) is 6.23. The Morgan fingerprint density at radius 2 is 2.05 bits per heavy atom. The van der Waals surface area contributed by atoms with E-state index in [2.05, 4.69) is 4.74 Å². The molecule has 0 bridgehead atoms. The van der Waals surface area contributed by atoms with E-state index in [1.54, 1.807) is 13.8 Å². The molecule has 8 heteroatoms. The number of halogens is 3. The molecule has 1 aromatic carbocycles. The van der Waals surface area contributed by atoms with E-state index in [1.807, 2.05) is 0 Å². The van der Waals surface area contributed by atoms with E-state index >= 15 is 0 Å². The summed E-state index contributed by atoms with van der Waals surface area (Å²) in [4.78, 5) is 11.5. The Labute approximate surface area is 120 Å². The Hall–Kier alpha value is -1.54. The molecule has 0 aliphatic carbocycles. The SMILES string of the molecule is COC(=O)c1ccc(C(F)(F)F)c(B2OCC(C)(C)O2)c1. The Morgan fingerprint density at radius 3 is 2.52 bits per heavy atom. The van der Waals surface area contributed by atoms with E-state index in [9.17, 15) is 18.0 Å². The van der Waals surface area contributed by atoms with Crippen LogP contribution in [0.25, 0.3) is 0 Å². The van der Waals surface area contributed by atoms with Gasteiger partial charge in [-0.15, -0.1) is 0 Å². The molecule has 1 aliphatic heterocycles. The minimum absolute atomic E-state index is 0.0115. The third kappa shape index (κ3) is 3.38. The molecule has 1 fully saturated rings. The second kappa shape index (κ2) is 5.34. The molecule has 21 heavy (non-hydrogen) atoms. The predicted molar refractivity (Wildman–Crippen MR) is 69.3 cm³/mol. The molecule has 0 atom stereocenters. The number of carbonyl (C=O) groups is 1. The molecule has 0 radical (unpaired) electrons. The van der Waals surface area contributed by atoms with Gasteiger partial charge >= 0.3 is 19.3 Å². The maximum Gasteiger partial charge on any atom is 0.495 e. The normalized spacial score (nSPS) is 17.9. The zero-order valence-electron chi connectivity index (χ0n) is 11.8. The summed E-state index contributed by atoms with van der Waals surface area (Å²) in [5, 5.41) is 0. The number of alkyl halides is 3. The minimum Gasteiger partial charge on any atom is -0.465 e. The first-order chi connectivity index (χ1) is 9.64. The van der Waals surface area contributed by atoms with Crippen LogP contribution in [0.15, 0.2) is 18.2 Å². The van der Waals surface area contributed by atoms with Crippen molar-refractivity contribution in [3.63, 3.8) is 0 Å². The van der Waals surface area contributed by atoms with Gasteiger partial charge in [0.05, 0.1) is 30.4 Å². The molecule has 1 heterocycles. The highest BCUT2D eigenvalue weighted by Gasteiger charge is 2.44. The molecule has 0 spiro atoms. The molecule has 1 aliphatic rings. The zero-order chi connectivity index (χ0) is 15.8. The largest absolute Gasteiger partial charge is 0.495 e. The van der Waals surface area contributed by atoms with Gasteiger partial charge in [0.15, 0.2) is 0 Å². The van der Waals surface area contributed by atoms with Crippen LogP contribution in [0.4, 0.5) is 13.2 Å². The molecule has 0 amide bonds. The van der Waals surface area contributed by atoms with E-state index in [1.165, 1.54) is 0 Å². The first-order valence-corrected chi connectivity index (χ1v) is 6.23. The highest BCUT2D eigenvalue weighted by atomic mass is 19.4. The van der Waals surface area contributed by atoms with Crippen LogP contribution in [0, 0.1) is 0 Å². The van der Waals surface area contributed by atoms with E-state index in [4.69, 9.17) is 9.31 Å². The van der Waals surface area contributed by atoms with Gasteiger partial charge in [0.1, 0.15) is 0 Å². The Morgan fingerprint density at radius 1 is 1.38 bits per heavy atom. The van der Waals surface area contributed by atoms with Crippen LogP contribution in [0.1, 0.15) is 29.8 Å². The van der Waals surface area contributed by atoms with Crippen molar-refractivity contribution in [3.8, 4) is 0 Å². The summed E-state index contributed by atoms with van der Waals surface area (Å²) in [5.41, 5.74) is -1.79. The molecular weight excluding hydrogens is 288 g/mol. The summed E-state index contributed by atoms with van der Waals surface area (Å²) < 4.78 is 54.5. The molecule has 0 N–H and O–H groups in total. The number of methoxy groups -OCH3 is 1. The van der Waals surface area contributed by atoms with Crippen molar-refractivity contribution in [1.29, 1.82) is 0 Å². The van der Waals surface area contributed by atoms with Crippen LogP contribution in [0.2, 0.25) is 0 Å². The zero-order valence-corrected chi connectivity index (χ0v) is 11.8. The van der Waals surface area contributed by atoms with Crippen LogP contribution >= 0.6 is 0 Å². The quantitative estimate of drug-likeness (QED) is 0.619. The van der Waals surface area contributed by atoms with Crippen molar-refractivity contribution < 1.29 is 32.0 Å². The van der Waals surface area contributed by atoms with Gasteiger partial charge in [0.2, 0.25) is 0 Å². The van der Waals surface area contributed by atoms with Gasteiger partial charge in [0, 0.05) is 0 Å². The van der Waals surface area contributed by atoms with Crippen molar-refractivity contribution in [2.45, 2.75) is 25.6 Å². The number of hydrogen-bond acceptors (Lipinski definition) is 4. The van der Waals surface area contributed by atoms with Crippen LogP contribution < -0.4 is 5.46 Å². The van der Waals surface area contributed by atoms with Crippen LogP contribution in [0.5, 0.6) is 0 Å². The topological polar surface area (TPSA) is 44.8 Å². The van der Waals surface area contributed by atoms with Gasteiger partial charge in [-0.2, -0.15) is 13.2 Å². The van der Waals surface area contributed by atoms with Gasteiger partial charge in [-0.25, -0.2) is 4.79 Å². The maximum absolute atomic E-state index is 13.1. The molecule has 1 saturated heterocycles. The lowest BCUT2D eigenvalue weighted by Crippen LogP contribution is -2.39. The van der Waals surface area contributed by atoms with E-state index < -0.39 is 30.4 Å². The molecule has 0 aromatic heterocycles. The monoisotopic (exact) mass is 302 g/mol. The number of ether oxygens (including phenoxy) is 1. The van der Waals surface area contributed by atoms with Crippen molar-refractivity contribution in [3.05, 3.63) is 29.3 Å². The Bertz CT molecular complexity index is 557. The standard InChI is InChI=1S/C13H14BF3O4/c1-12(2)7-20-14(21-12)10-6-8(11(18)19-3)4-5-9(10)13(15,16)17/h4-6H,7H2,1-3H3. The van der Waals surface area contributed by atoms with Gasteiger partial charge in [0.25, 0.3) is 0 Å². The number of rotatable bonds is 2. The number of benzene rings is 1. The van der Waals surface area contributed by atoms with Gasteiger partial charge in [-0.1, -0.05) is 0 Å². The van der Waals surface area contributed by atoms with Gasteiger partial charge < -0.3 is 14.0 Å². The highest BCUT2D eigenvalue weighted by Crippen LogP contribution is 2.30. The lowest BCUT2D eigenvalue weighted by Gasteiger charge is -2.18. The summed E-state index contributed by atoms with van der Waals surface area (Å²) in [5.74, 6) is -0.720. The molecule has 114 valence electrons. The number of carbonyl (C=O) groups excluding carboxylic acids is 1. The fourth-order valence-electron chi connectivity index (χ4n) is 2.05. The summed E-state index contributed by atoms with van der Waals surface area (Å²) >= 11 is 0. The summed E-state index contributed by atoms with van der Waals surface area (Å²) in [6.07, 6.45) is -4.57. The van der Waals surface area contributed by atoms with E-state index in [-0.39, 0.29) is 17.6 Å². The lowest BCUT2D eigenvalue weighted by atomic mass is 9.75. The van der Waals surface area contributed by atoms with Crippen LogP contribution in [-0.2, 0) is 20.2 Å². The van der Waals surface area contributed by atoms with Crippen molar-refractivity contribution in [2.24, 2.45) is 0 Å². The second-order valence-corrected chi connectivity index (χ2v) is 5.31. The summed E-state index contributed by atoms with van der Waals surface area (Å²) in [6, 6.07) is 3.00. The van der Waals surface area contributed by atoms with E-state index in [0.717, 1.165) is 25.3 Å². The smallest absolute Gasteiger partial charge is 0.465 e. The summed E-state index contributed by atoms with van der Waals surface area (Å²) in [7, 11) is -0.00744. The van der Waals surface area contributed by atoms with Crippen molar-refractivity contribution in [1.82, 2.24) is 0 Å².